The maximum absolute atomic E-state index is 13.1. The van der Waals surface area contributed by atoms with E-state index in [1.165, 1.54) is 6.42 Å². The Labute approximate surface area is 225 Å². The van der Waals surface area contributed by atoms with E-state index in [9.17, 15) is 19.2 Å². The number of carbonyl (C=O) groups is 4. The largest absolute Gasteiger partial charge is 0.445 e. The van der Waals surface area contributed by atoms with Crippen LogP contribution in [0, 0.1) is 5.92 Å². The van der Waals surface area contributed by atoms with E-state index in [0.29, 0.717) is 30.2 Å². The number of rotatable bonds is 15. The molecule has 3 amide bonds. The Bertz CT molecular complexity index is 875. The molecule has 1 aromatic carbocycles. The fraction of sp³-hybridized carbons (Fsp3) is 0.643. The van der Waals surface area contributed by atoms with E-state index >= 15 is 0 Å². The van der Waals surface area contributed by atoms with Crippen LogP contribution in [0.3, 0.4) is 0 Å². The molecule has 1 aliphatic rings. The highest BCUT2D eigenvalue weighted by Crippen LogP contribution is 2.27. The molecule has 1 aromatic rings. The van der Waals surface area contributed by atoms with Gasteiger partial charge in [0.15, 0.2) is 0 Å². The molecule has 1 aliphatic carbocycles. The van der Waals surface area contributed by atoms with Gasteiger partial charge in [0.1, 0.15) is 18.9 Å². The zero-order chi connectivity index (χ0) is 27.0. The number of amides is 3. The van der Waals surface area contributed by atoms with Crippen LogP contribution in [0.25, 0.3) is 0 Å². The Morgan fingerprint density at radius 2 is 1.92 bits per heavy atom. The third-order valence-corrected chi connectivity index (χ3v) is 7.08. The average molecular weight is 536 g/mol. The summed E-state index contributed by atoms with van der Waals surface area (Å²) in [5.74, 6) is -0.185. The smallest absolute Gasteiger partial charge is 0.408 e. The number of hydrogen-bond acceptors (Lipinski definition) is 5. The van der Waals surface area contributed by atoms with Crippen LogP contribution in [0.1, 0.15) is 83.1 Å². The molecule has 0 unspecified atom stereocenters. The highest BCUT2D eigenvalue weighted by atomic mass is 35.5. The number of carbonyl (C=O) groups excluding carboxylic acids is 4. The lowest BCUT2D eigenvalue weighted by molar-refractivity contribution is -0.131. The summed E-state index contributed by atoms with van der Waals surface area (Å²) in [6.45, 7) is 2.80. The second-order valence-electron chi connectivity index (χ2n) is 9.95. The van der Waals surface area contributed by atoms with Crippen molar-refractivity contribution in [3.8, 4) is 0 Å². The van der Waals surface area contributed by atoms with Crippen LogP contribution in [-0.2, 0) is 25.7 Å². The quantitative estimate of drug-likeness (QED) is 0.242. The van der Waals surface area contributed by atoms with Gasteiger partial charge in [-0.15, -0.1) is 0 Å². The molecule has 1 fully saturated rings. The maximum atomic E-state index is 13.1. The topological polar surface area (TPSA) is 105 Å². The average Bonchev–Trinajstić information content (AvgIpc) is 2.89. The zero-order valence-corrected chi connectivity index (χ0v) is 22.9. The number of ether oxygens (including phenoxy) is 1. The highest BCUT2D eigenvalue weighted by molar-refractivity contribution is 6.30. The summed E-state index contributed by atoms with van der Waals surface area (Å²) in [5.41, 5.74) is 0.737. The number of hydrogen-bond donors (Lipinski definition) is 2. The number of aldehydes is 1. The molecular weight excluding hydrogens is 494 g/mol. The van der Waals surface area contributed by atoms with E-state index < -0.39 is 24.1 Å². The second kappa shape index (κ2) is 17.0. The van der Waals surface area contributed by atoms with Crippen LogP contribution in [-0.4, -0.2) is 54.8 Å². The van der Waals surface area contributed by atoms with Crippen LogP contribution in [0.2, 0.25) is 5.02 Å². The molecule has 37 heavy (non-hydrogen) atoms. The molecular formula is C28H42ClN3O5. The second-order valence-corrected chi connectivity index (χ2v) is 10.4. The minimum Gasteiger partial charge on any atom is -0.445 e. The fourth-order valence-corrected chi connectivity index (χ4v) is 4.81. The van der Waals surface area contributed by atoms with Crippen molar-refractivity contribution in [3.05, 3.63) is 34.9 Å². The van der Waals surface area contributed by atoms with Gasteiger partial charge in [-0.1, -0.05) is 75.6 Å². The monoisotopic (exact) mass is 535 g/mol. The van der Waals surface area contributed by atoms with Crippen molar-refractivity contribution in [2.45, 2.75) is 96.2 Å². The molecule has 0 saturated heterocycles. The molecule has 9 heteroatoms. The van der Waals surface area contributed by atoms with Gasteiger partial charge >= 0.3 is 6.09 Å². The van der Waals surface area contributed by atoms with Gasteiger partial charge in [-0.2, -0.15) is 0 Å². The van der Waals surface area contributed by atoms with Gasteiger partial charge in [-0.05, 0) is 42.9 Å². The van der Waals surface area contributed by atoms with Crippen molar-refractivity contribution >= 4 is 35.8 Å². The highest BCUT2D eigenvalue weighted by Gasteiger charge is 2.28. The van der Waals surface area contributed by atoms with E-state index in [4.69, 9.17) is 16.3 Å². The number of alkyl carbamates (subject to hydrolysis) is 1. The van der Waals surface area contributed by atoms with Crippen molar-refractivity contribution < 1.29 is 23.9 Å². The van der Waals surface area contributed by atoms with Crippen LogP contribution >= 0.6 is 11.6 Å². The Balaban J connectivity index is 1.92. The van der Waals surface area contributed by atoms with Crippen molar-refractivity contribution in [2.24, 2.45) is 5.92 Å². The lowest BCUT2D eigenvalue weighted by Gasteiger charge is -2.27. The van der Waals surface area contributed by atoms with Gasteiger partial charge in [0, 0.05) is 25.0 Å². The van der Waals surface area contributed by atoms with E-state index in [0.717, 1.165) is 50.5 Å². The van der Waals surface area contributed by atoms with Crippen LogP contribution in [0.5, 0.6) is 0 Å². The molecule has 2 atom stereocenters. The standard InChI is InChI=1S/C28H42ClN3O5/c1-3-4-8-16-32(2)26(34)15-14-24(19-33)30-27(35)25(18-21-10-6-5-7-11-21)31-28(36)37-20-22-12-9-13-23(29)17-22/h9,12-13,17,19,21,24-25H,3-8,10-11,14-16,18,20H2,1-2H3,(H,30,35)(H,31,36)/t24-,25-/m0/s1. The summed E-state index contributed by atoms with van der Waals surface area (Å²) in [7, 11) is 1.76. The number of halogens is 1. The van der Waals surface area contributed by atoms with E-state index in [-0.39, 0.29) is 25.4 Å². The Morgan fingerprint density at radius 3 is 2.59 bits per heavy atom. The molecule has 0 aromatic heterocycles. The zero-order valence-electron chi connectivity index (χ0n) is 22.2. The fourth-order valence-electron chi connectivity index (χ4n) is 4.60. The summed E-state index contributed by atoms with van der Waals surface area (Å²) in [6.07, 6.45) is 9.24. The van der Waals surface area contributed by atoms with Crippen molar-refractivity contribution in [1.82, 2.24) is 15.5 Å². The lowest BCUT2D eigenvalue weighted by atomic mass is 9.84. The molecule has 0 spiro atoms. The SMILES string of the molecule is CCCCCN(C)C(=O)CC[C@@H](C=O)NC(=O)[C@H](CC1CCCCC1)NC(=O)OCc1cccc(Cl)c1. The summed E-state index contributed by atoms with van der Waals surface area (Å²) < 4.78 is 5.32. The summed E-state index contributed by atoms with van der Waals surface area (Å²) >= 11 is 5.99. The first-order valence-electron chi connectivity index (χ1n) is 13.5. The molecule has 8 nitrogen and oxygen atoms in total. The van der Waals surface area contributed by atoms with E-state index in [2.05, 4.69) is 17.6 Å². The summed E-state index contributed by atoms with van der Waals surface area (Å²) in [6, 6.07) is 5.37. The number of nitrogens with one attached hydrogen (secondary N) is 2. The first-order valence-corrected chi connectivity index (χ1v) is 13.9. The Kier molecular flexibility index (Phi) is 14.1. The molecule has 206 valence electrons. The number of nitrogens with zero attached hydrogens (tertiary/aromatic N) is 1. The molecule has 2 N–H and O–H groups in total. The van der Waals surface area contributed by atoms with E-state index in [1.807, 2.05) is 0 Å². The molecule has 0 bridgehead atoms. The lowest BCUT2D eigenvalue weighted by Crippen LogP contribution is -2.51. The third-order valence-electron chi connectivity index (χ3n) is 6.85. The Hall–Kier alpha value is -2.61. The molecule has 1 saturated carbocycles. The molecule has 0 aliphatic heterocycles. The normalized spacial score (nSPS) is 15.3. The molecule has 0 heterocycles. The van der Waals surface area contributed by atoms with Crippen molar-refractivity contribution in [3.63, 3.8) is 0 Å². The van der Waals surface area contributed by atoms with Gasteiger partial charge < -0.3 is 25.1 Å². The predicted octanol–water partition coefficient (Wildman–Crippen LogP) is 5.02. The third kappa shape index (κ3) is 12.0. The summed E-state index contributed by atoms with van der Waals surface area (Å²) in [4.78, 5) is 51.5. The number of benzene rings is 1. The first kappa shape index (κ1) is 30.6. The molecule has 2 rings (SSSR count). The Morgan fingerprint density at radius 1 is 1.16 bits per heavy atom. The van der Waals surface area contributed by atoms with Gasteiger partial charge in [0.05, 0.1) is 6.04 Å². The number of unbranched alkanes of at least 4 members (excludes halogenated alkanes) is 2. The van der Waals surface area contributed by atoms with E-state index in [1.54, 1.807) is 36.2 Å². The predicted molar refractivity (Wildman–Crippen MR) is 144 cm³/mol. The van der Waals surface area contributed by atoms with Crippen LogP contribution < -0.4 is 10.6 Å². The summed E-state index contributed by atoms with van der Waals surface area (Å²) in [5, 5.41) is 5.96. The minimum atomic E-state index is -0.829. The molecule has 0 radical (unpaired) electrons. The maximum Gasteiger partial charge on any atom is 0.408 e. The first-order chi connectivity index (χ1) is 17.8. The van der Waals surface area contributed by atoms with Crippen LogP contribution in [0.4, 0.5) is 4.79 Å². The van der Waals surface area contributed by atoms with Crippen molar-refractivity contribution in [2.75, 3.05) is 13.6 Å². The minimum absolute atomic E-state index is 0.0228. The van der Waals surface area contributed by atoms with Crippen LogP contribution in [0.15, 0.2) is 24.3 Å². The van der Waals surface area contributed by atoms with Gasteiger partial charge in [-0.3, -0.25) is 9.59 Å². The van der Waals surface area contributed by atoms with Gasteiger partial charge in [0.2, 0.25) is 11.8 Å². The van der Waals surface area contributed by atoms with Gasteiger partial charge in [-0.25, -0.2) is 4.79 Å². The van der Waals surface area contributed by atoms with Crippen molar-refractivity contribution in [1.29, 1.82) is 0 Å². The van der Waals surface area contributed by atoms with Gasteiger partial charge in [0.25, 0.3) is 0 Å².